The molecule has 0 bridgehead atoms. The summed E-state index contributed by atoms with van der Waals surface area (Å²) in [5, 5.41) is 5.39. The molecule has 1 fully saturated rings. The molecule has 3 heterocycles. The van der Waals surface area contributed by atoms with Crippen molar-refractivity contribution in [3.05, 3.63) is 36.0 Å². The first-order valence-electron chi connectivity index (χ1n) is 12.0. The van der Waals surface area contributed by atoms with Crippen LogP contribution >= 0.6 is 0 Å². The highest BCUT2D eigenvalue weighted by molar-refractivity contribution is 6.06. The van der Waals surface area contributed by atoms with Crippen molar-refractivity contribution in [3.8, 4) is 22.8 Å². The molecule has 5 rings (SSSR count). The fraction of sp³-hybridized carbons (Fsp3) is 0.500. The summed E-state index contributed by atoms with van der Waals surface area (Å²) < 4.78 is 13.4. The number of amides is 1. The van der Waals surface area contributed by atoms with E-state index in [1.165, 1.54) is 12.8 Å². The van der Waals surface area contributed by atoms with Gasteiger partial charge < -0.3 is 14.4 Å². The third kappa shape index (κ3) is 3.94. The zero-order chi connectivity index (χ0) is 23.1. The number of hydrogen-bond donors (Lipinski definition) is 0. The van der Waals surface area contributed by atoms with Gasteiger partial charge in [0.05, 0.1) is 22.8 Å². The van der Waals surface area contributed by atoms with Crippen LogP contribution in [0.15, 0.2) is 30.5 Å². The minimum Gasteiger partial charge on any atom is -0.486 e. The first-order chi connectivity index (χ1) is 15.9. The number of nitrogens with zero attached hydrogens (tertiary/aromatic N) is 4. The lowest BCUT2D eigenvalue weighted by molar-refractivity contribution is 0.0615. The van der Waals surface area contributed by atoms with Crippen LogP contribution in [0, 0.1) is 0 Å². The van der Waals surface area contributed by atoms with Gasteiger partial charge in [-0.15, -0.1) is 0 Å². The van der Waals surface area contributed by atoms with Crippen molar-refractivity contribution in [2.45, 2.75) is 71.5 Å². The van der Waals surface area contributed by atoms with Crippen molar-refractivity contribution < 1.29 is 14.3 Å². The van der Waals surface area contributed by atoms with Crippen LogP contribution in [0.4, 0.5) is 0 Å². The monoisotopic (exact) mass is 448 g/mol. The molecule has 0 atom stereocenters. The van der Waals surface area contributed by atoms with Crippen molar-refractivity contribution in [1.29, 1.82) is 0 Å². The second kappa shape index (κ2) is 8.69. The van der Waals surface area contributed by atoms with Gasteiger partial charge in [-0.3, -0.25) is 4.79 Å². The molecule has 1 amide bonds. The minimum absolute atomic E-state index is 0.0615. The van der Waals surface area contributed by atoms with Gasteiger partial charge in [-0.25, -0.2) is 9.67 Å². The highest BCUT2D eigenvalue weighted by Gasteiger charge is 2.31. The smallest absolute Gasteiger partial charge is 0.255 e. The molecule has 3 aromatic rings. The molecule has 1 aliphatic heterocycles. The maximum Gasteiger partial charge on any atom is 0.255 e. The summed E-state index contributed by atoms with van der Waals surface area (Å²) in [6.45, 7) is 9.44. The molecule has 0 N–H and O–H groups in total. The molecule has 2 aromatic heterocycles. The van der Waals surface area contributed by atoms with Crippen LogP contribution in [0.5, 0.6) is 11.5 Å². The van der Waals surface area contributed by atoms with Crippen LogP contribution in [0.2, 0.25) is 0 Å². The molecule has 7 nitrogen and oxygen atoms in total. The van der Waals surface area contributed by atoms with E-state index in [0.29, 0.717) is 30.6 Å². The Kier molecular flexibility index (Phi) is 5.72. The van der Waals surface area contributed by atoms with E-state index in [0.717, 1.165) is 40.9 Å². The van der Waals surface area contributed by atoms with Gasteiger partial charge in [0.1, 0.15) is 13.2 Å². The lowest BCUT2D eigenvalue weighted by atomic mass is 10.0. The molecule has 7 heteroatoms. The summed E-state index contributed by atoms with van der Waals surface area (Å²) in [6, 6.07) is 8.31. The van der Waals surface area contributed by atoms with Gasteiger partial charge in [-0.1, -0.05) is 12.8 Å². The Morgan fingerprint density at radius 2 is 1.79 bits per heavy atom. The quantitative estimate of drug-likeness (QED) is 0.534. The Hall–Kier alpha value is -3.09. The molecule has 1 aliphatic carbocycles. The number of aromatic nitrogens is 3. The largest absolute Gasteiger partial charge is 0.486 e. The zero-order valence-electron chi connectivity index (χ0n) is 19.9. The molecular weight excluding hydrogens is 416 g/mol. The lowest BCUT2D eigenvalue weighted by Gasteiger charge is -2.33. The number of ether oxygens (including phenoxy) is 2. The normalized spacial score (nSPS) is 16.2. The van der Waals surface area contributed by atoms with Gasteiger partial charge in [0.25, 0.3) is 5.91 Å². The average molecular weight is 449 g/mol. The third-order valence-electron chi connectivity index (χ3n) is 6.63. The molecule has 1 aromatic carbocycles. The van der Waals surface area contributed by atoms with E-state index in [2.05, 4.69) is 37.7 Å². The fourth-order valence-corrected chi connectivity index (χ4v) is 5.07. The summed E-state index contributed by atoms with van der Waals surface area (Å²) in [6.07, 6.45) is 6.29. The Balaban J connectivity index is 1.65. The number of fused-ring (bicyclic) bond motifs is 2. The van der Waals surface area contributed by atoms with E-state index >= 15 is 0 Å². The Labute approximate surface area is 194 Å². The van der Waals surface area contributed by atoms with Crippen molar-refractivity contribution in [2.75, 3.05) is 13.2 Å². The van der Waals surface area contributed by atoms with E-state index in [1.54, 1.807) is 6.20 Å². The molecule has 0 radical (unpaired) electrons. The van der Waals surface area contributed by atoms with Gasteiger partial charge in [-0.05, 0) is 64.8 Å². The lowest BCUT2D eigenvalue weighted by Crippen LogP contribution is -2.43. The molecule has 2 aliphatic rings. The number of pyridine rings is 1. The number of benzene rings is 1. The standard InChI is InChI=1S/C26H32N4O3/c1-16(2)29(19-7-5-6-8-19)26(31)20-14-22(28-25-21(20)15-27-30(25)17(3)4)18-9-10-23-24(13-18)33-12-11-32-23/h9-10,13-17,19H,5-8,11-12H2,1-4H3. The number of carbonyl (C=O) groups is 1. The van der Waals surface area contributed by atoms with Crippen LogP contribution < -0.4 is 9.47 Å². The fourth-order valence-electron chi connectivity index (χ4n) is 5.07. The highest BCUT2D eigenvalue weighted by Crippen LogP contribution is 2.36. The van der Waals surface area contributed by atoms with Gasteiger partial charge in [-0.2, -0.15) is 5.10 Å². The Morgan fingerprint density at radius 1 is 1.06 bits per heavy atom. The molecule has 1 saturated carbocycles. The third-order valence-corrected chi connectivity index (χ3v) is 6.63. The van der Waals surface area contributed by atoms with Gasteiger partial charge in [0.15, 0.2) is 17.1 Å². The number of carbonyl (C=O) groups excluding carboxylic acids is 1. The second-order valence-corrected chi connectivity index (χ2v) is 9.58. The van der Waals surface area contributed by atoms with E-state index in [-0.39, 0.29) is 18.0 Å². The second-order valence-electron chi connectivity index (χ2n) is 9.58. The highest BCUT2D eigenvalue weighted by atomic mass is 16.6. The van der Waals surface area contributed by atoms with E-state index in [1.807, 2.05) is 28.9 Å². The number of hydrogen-bond acceptors (Lipinski definition) is 5. The average Bonchev–Trinajstić information content (AvgIpc) is 3.48. The Morgan fingerprint density at radius 3 is 2.48 bits per heavy atom. The van der Waals surface area contributed by atoms with Crippen LogP contribution in [-0.2, 0) is 0 Å². The minimum atomic E-state index is 0.0615. The number of rotatable bonds is 5. The summed E-state index contributed by atoms with van der Waals surface area (Å²) in [4.78, 5) is 21.0. The SMILES string of the molecule is CC(C)N(C(=O)c1cc(-c2ccc3c(c2)OCCO3)nc2c1cnn2C(C)C)C1CCCC1. The summed E-state index contributed by atoms with van der Waals surface area (Å²) in [5.74, 6) is 1.51. The predicted molar refractivity (Wildman–Crippen MR) is 128 cm³/mol. The maximum absolute atomic E-state index is 14.0. The van der Waals surface area contributed by atoms with Crippen LogP contribution in [0.1, 0.15) is 69.8 Å². The van der Waals surface area contributed by atoms with E-state index in [9.17, 15) is 4.79 Å². The maximum atomic E-state index is 14.0. The predicted octanol–water partition coefficient (Wildman–Crippen LogP) is 5.24. The van der Waals surface area contributed by atoms with Crippen LogP contribution in [0.25, 0.3) is 22.3 Å². The topological polar surface area (TPSA) is 69.5 Å². The van der Waals surface area contributed by atoms with Crippen LogP contribution in [-0.4, -0.2) is 50.9 Å². The molecular formula is C26H32N4O3. The van der Waals surface area contributed by atoms with Gasteiger partial charge in [0.2, 0.25) is 0 Å². The van der Waals surface area contributed by atoms with Crippen molar-refractivity contribution in [3.63, 3.8) is 0 Å². The van der Waals surface area contributed by atoms with Gasteiger partial charge >= 0.3 is 0 Å². The first-order valence-corrected chi connectivity index (χ1v) is 12.0. The zero-order valence-corrected chi connectivity index (χ0v) is 19.9. The summed E-state index contributed by atoms with van der Waals surface area (Å²) >= 11 is 0. The molecule has 0 saturated heterocycles. The first kappa shape index (κ1) is 21.7. The summed E-state index contributed by atoms with van der Waals surface area (Å²) in [7, 11) is 0. The van der Waals surface area contributed by atoms with Crippen molar-refractivity contribution in [2.24, 2.45) is 0 Å². The Bertz CT molecular complexity index is 1180. The van der Waals surface area contributed by atoms with Crippen molar-refractivity contribution >= 4 is 16.9 Å². The molecule has 0 spiro atoms. The van der Waals surface area contributed by atoms with E-state index in [4.69, 9.17) is 14.5 Å². The summed E-state index contributed by atoms with van der Waals surface area (Å²) in [5.41, 5.74) is 3.03. The molecule has 174 valence electrons. The molecule has 33 heavy (non-hydrogen) atoms. The molecule has 0 unspecified atom stereocenters. The van der Waals surface area contributed by atoms with E-state index < -0.39 is 0 Å². The van der Waals surface area contributed by atoms with Crippen LogP contribution in [0.3, 0.4) is 0 Å². The van der Waals surface area contributed by atoms with Gasteiger partial charge in [0, 0.05) is 23.7 Å². The van der Waals surface area contributed by atoms with Crippen molar-refractivity contribution in [1.82, 2.24) is 19.7 Å².